The van der Waals surface area contributed by atoms with Crippen molar-refractivity contribution >= 4 is 17.4 Å². The topological polar surface area (TPSA) is 71.3 Å². The van der Waals surface area contributed by atoms with Crippen LogP contribution in [0.4, 0.5) is 10.5 Å². The van der Waals surface area contributed by atoms with Gasteiger partial charge in [-0.3, -0.25) is 0 Å². The summed E-state index contributed by atoms with van der Waals surface area (Å²) < 4.78 is 1.61. The third-order valence-electron chi connectivity index (χ3n) is 2.09. The van der Waals surface area contributed by atoms with E-state index in [4.69, 9.17) is 0 Å². The van der Waals surface area contributed by atoms with Crippen molar-refractivity contribution in [3.05, 3.63) is 24.7 Å². The number of carbonyl (C=O) groups is 1. The Bertz CT molecular complexity index is 493. The Labute approximate surface area is 92.7 Å². The Balaban J connectivity index is 2.14. The van der Waals surface area contributed by atoms with Crippen molar-refractivity contribution in [2.75, 3.05) is 11.9 Å². The molecule has 0 fully saturated rings. The fraction of sp³-hybridized carbons (Fsp3) is 0.300. The van der Waals surface area contributed by atoms with E-state index in [2.05, 4.69) is 20.7 Å². The first-order valence-electron chi connectivity index (χ1n) is 5.14. The van der Waals surface area contributed by atoms with Gasteiger partial charge < -0.3 is 10.6 Å². The summed E-state index contributed by atoms with van der Waals surface area (Å²) in [5.41, 5.74) is 1.28. The van der Waals surface area contributed by atoms with Crippen molar-refractivity contribution in [3.8, 4) is 0 Å². The van der Waals surface area contributed by atoms with Crippen LogP contribution in [0.2, 0.25) is 0 Å². The summed E-state index contributed by atoms with van der Waals surface area (Å²) in [4.78, 5) is 15.5. The maximum Gasteiger partial charge on any atom is 0.319 e. The van der Waals surface area contributed by atoms with Gasteiger partial charge in [-0.2, -0.15) is 5.10 Å². The minimum Gasteiger partial charge on any atom is -0.338 e. The maximum atomic E-state index is 11.5. The van der Waals surface area contributed by atoms with E-state index >= 15 is 0 Å². The second-order valence-corrected chi connectivity index (χ2v) is 3.33. The molecule has 0 saturated heterocycles. The molecule has 2 heterocycles. The van der Waals surface area contributed by atoms with Crippen molar-refractivity contribution in [3.63, 3.8) is 0 Å². The molecule has 2 rings (SSSR count). The Morgan fingerprint density at radius 1 is 1.56 bits per heavy atom. The fourth-order valence-corrected chi connectivity index (χ4v) is 1.35. The maximum absolute atomic E-state index is 11.5. The first kappa shape index (κ1) is 10.4. The van der Waals surface area contributed by atoms with Crippen molar-refractivity contribution < 1.29 is 4.79 Å². The minimum atomic E-state index is -0.224. The molecule has 2 amide bonds. The highest BCUT2D eigenvalue weighted by Gasteiger charge is 2.05. The van der Waals surface area contributed by atoms with Crippen LogP contribution in [0.5, 0.6) is 0 Å². The van der Waals surface area contributed by atoms with Crippen LogP contribution in [-0.2, 0) is 0 Å². The van der Waals surface area contributed by atoms with Crippen LogP contribution < -0.4 is 10.6 Å². The predicted octanol–water partition coefficient (Wildman–Crippen LogP) is 1.26. The van der Waals surface area contributed by atoms with Crippen LogP contribution >= 0.6 is 0 Å². The first-order chi connectivity index (χ1) is 7.81. The molecule has 2 aromatic rings. The number of nitrogens with one attached hydrogen (secondary N) is 2. The Morgan fingerprint density at radius 3 is 3.25 bits per heavy atom. The Hall–Kier alpha value is -2.11. The normalized spacial score (nSPS) is 10.3. The number of fused-ring (bicyclic) bond motifs is 1. The third kappa shape index (κ3) is 2.10. The van der Waals surface area contributed by atoms with Gasteiger partial charge in [-0.1, -0.05) is 6.92 Å². The first-order valence-corrected chi connectivity index (χ1v) is 5.14. The summed E-state index contributed by atoms with van der Waals surface area (Å²) in [5, 5.41) is 9.45. The third-order valence-corrected chi connectivity index (χ3v) is 2.09. The zero-order chi connectivity index (χ0) is 11.4. The lowest BCUT2D eigenvalue weighted by molar-refractivity contribution is 0.252. The Kier molecular flexibility index (Phi) is 3.00. The van der Waals surface area contributed by atoms with Gasteiger partial charge in [-0.25, -0.2) is 14.3 Å². The number of aromatic nitrogens is 3. The van der Waals surface area contributed by atoms with Crippen molar-refractivity contribution in [1.82, 2.24) is 19.9 Å². The van der Waals surface area contributed by atoms with Gasteiger partial charge >= 0.3 is 6.03 Å². The number of hydrogen-bond donors (Lipinski definition) is 2. The molecule has 0 aliphatic heterocycles. The molecule has 0 spiro atoms. The standard InChI is InChI=1S/C10H13N5O/c1-2-5-11-10(16)14-8-4-3-6-15-9(8)12-7-13-15/h3-4,6-7H,2,5H2,1H3,(H2,11,14,16). The van der Waals surface area contributed by atoms with Crippen molar-refractivity contribution in [2.45, 2.75) is 13.3 Å². The molecular formula is C10H13N5O. The quantitative estimate of drug-likeness (QED) is 0.816. The molecule has 16 heavy (non-hydrogen) atoms. The molecule has 0 atom stereocenters. The van der Waals surface area contributed by atoms with E-state index in [0.29, 0.717) is 17.9 Å². The minimum absolute atomic E-state index is 0.224. The number of pyridine rings is 1. The van der Waals surface area contributed by atoms with E-state index in [0.717, 1.165) is 6.42 Å². The molecule has 2 aromatic heterocycles. The predicted molar refractivity (Wildman–Crippen MR) is 60.3 cm³/mol. The molecule has 0 aromatic carbocycles. The summed E-state index contributed by atoms with van der Waals surface area (Å²) >= 11 is 0. The lowest BCUT2D eigenvalue weighted by atomic mass is 10.4. The van der Waals surface area contributed by atoms with E-state index < -0.39 is 0 Å². The van der Waals surface area contributed by atoms with Gasteiger partial charge in [-0.05, 0) is 18.6 Å². The van der Waals surface area contributed by atoms with Gasteiger partial charge in [0.2, 0.25) is 0 Å². The second-order valence-electron chi connectivity index (χ2n) is 3.33. The van der Waals surface area contributed by atoms with Crippen LogP contribution in [0.3, 0.4) is 0 Å². The van der Waals surface area contributed by atoms with Gasteiger partial charge in [0.1, 0.15) is 6.33 Å². The average Bonchev–Trinajstić information content (AvgIpc) is 2.75. The van der Waals surface area contributed by atoms with Crippen molar-refractivity contribution in [1.29, 1.82) is 0 Å². The highest BCUT2D eigenvalue weighted by Crippen LogP contribution is 2.12. The smallest absolute Gasteiger partial charge is 0.319 e. The van der Waals surface area contributed by atoms with Crippen LogP contribution in [0, 0.1) is 0 Å². The van der Waals surface area contributed by atoms with Crippen LogP contribution in [0.25, 0.3) is 5.65 Å². The van der Waals surface area contributed by atoms with E-state index in [1.165, 1.54) is 6.33 Å². The van der Waals surface area contributed by atoms with Gasteiger partial charge in [-0.15, -0.1) is 0 Å². The van der Waals surface area contributed by atoms with Gasteiger partial charge in [0.15, 0.2) is 5.65 Å². The van der Waals surface area contributed by atoms with Gasteiger partial charge in [0, 0.05) is 12.7 Å². The molecule has 0 aliphatic carbocycles. The largest absolute Gasteiger partial charge is 0.338 e. The van der Waals surface area contributed by atoms with Gasteiger partial charge in [0.05, 0.1) is 5.69 Å². The lowest BCUT2D eigenvalue weighted by Gasteiger charge is -2.06. The van der Waals surface area contributed by atoms with Gasteiger partial charge in [0.25, 0.3) is 0 Å². The average molecular weight is 219 g/mol. The van der Waals surface area contributed by atoms with E-state index in [9.17, 15) is 4.79 Å². The summed E-state index contributed by atoms with van der Waals surface area (Å²) in [5.74, 6) is 0. The second kappa shape index (κ2) is 4.61. The number of hydrogen-bond acceptors (Lipinski definition) is 3. The number of nitrogens with zero attached hydrogens (tertiary/aromatic N) is 3. The molecular weight excluding hydrogens is 206 g/mol. The molecule has 0 bridgehead atoms. The van der Waals surface area contributed by atoms with Crippen LogP contribution in [-0.4, -0.2) is 27.2 Å². The zero-order valence-electron chi connectivity index (χ0n) is 8.97. The molecule has 84 valence electrons. The molecule has 0 unspecified atom stereocenters. The number of carbonyl (C=O) groups excluding carboxylic acids is 1. The number of urea groups is 1. The summed E-state index contributed by atoms with van der Waals surface area (Å²) in [6, 6.07) is 3.37. The molecule has 2 N–H and O–H groups in total. The fourth-order valence-electron chi connectivity index (χ4n) is 1.35. The zero-order valence-corrected chi connectivity index (χ0v) is 8.97. The molecule has 6 heteroatoms. The van der Waals surface area contributed by atoms with Crippen LogP contribution in [0.15, 0.2) is 24.7 Å². The number of amides is 2. The monoisotopic (exact) mass is 219 g/mol. The highest BCUT2D eigenvalue weighted by atomic mass is 16.2. The van der Waals surface area contributed by atoms with Crippen molar-refractivity contribution in [2.24, 2.45) is 0 Å². The molecule has 0 saturated carbocycles. The summed E-state index contributed by atoms with van der Waals surface area (Å²) in [6.07, 6.45) is 4.13. The Morgan fingerprint density at radius 2 is 2.44 bits per heavy atom. The summed E-state index contributed by atoms with van der Waals surface area (Å²) in [6.45, 7) is 2.65. The number of anilines is 1. The lowest BCUT2D eigenvalue weighted by Crippen LogP contribution is -2.29. The van der Waals surface area contributed by atoms with Crippen LogP contribution in [0.1, 0.15) is 13.3 Å². The molecule has 6 nitrogen and oxygen atoms in total. The van der Waals surface area contributed by atoms with E-state index in [1.807, 2.05) is 6.92 Å². The van der Waals surface area contributed by atoms with E-state index in [-0.39, 0.29) is 6.03 Å². The number of rotatable bonds is 3. The highest BCUT2D eigenvalue weighted by molar-refractivity contribution is 5.92. The SMILES string of the molecule is CCCNC(=O)Nc1cccn2ncnc12. The summed E-state index contributed by atoms with van der Waals surface area (Å²) in [7, 11) is 0. The van der Waals surface area contributed by atoms with E-state index in [1.54, 1.807) is 22.8 Å². The molecule has 0 aliphatic rings. The molecule has 0 radical (unpaired) electrons.